The fourth-order valence-corrected chi connectivity index (χ4v) is 2.54. The van der Waals surface area contributed by atoms with Crippen LogP contribution < -0.4 is 0 Å². The van der Waals surface area contributed by atoms with Gasteiger partial charge >= 0.3 is 5.97 Å². The van der Waals surface area contributed by atoms with Gasteiger partial charge < -0.3 is 9.84 Å². The smallest absolute Gasteiger partial charge is 0.303 e. The molecule has 0 radical (unpaired) electrons. The minimum absolute atomic E-state index is 0.121. The van der Waals surface area contributed by atoms with Crippen LogP contribution in [0.1, 0.15) is 44.9 Å². The molecule has 0 aromatic heterocycles. The molecule has 2 aliphatic rings. The summed E-state index contributed by atoms with van der Waals surface area (Å²) in [6.45, 7) is 0.736. The Balaban J connectivity index is 1.74. The number of hydrogen-bond acceptors (Lipinski definition) is 3. The van der Waals surface area contributed by atoms with Crippen molar-refractivity contribution in [1.82, 2.24) is 0 Å². The van der Waals surface area contributed by atoms with Crippen molar-refractivity contribution < 1.29 is 14.6 Å². The molecule has 4 nitrogen and oxygen atoms in total. The maximum absolute atomic E-state index is 10.4. The molecule has 0 aromatic rings. The van der Waals surface area contributed by atoms with E-state index < -0.39 is 5.97 Å². The van der Waals surface area contributed by atoms with E-state index in [2.05, 4.69) is 4.99 Å². The molecule has 0 saturated heterocycles. The van der Waals surface area contributed by atoms with E-state index in [4.69, 9.17) is 9.84 Å². The van der Waals surface area contributed by atoms with Crippen molar-refractivity contribution in [3.8, 4) is 0 Å². The predicted octanol–water partition coefficient (Wildman–Crippen LogP) is 2.23. The average Bonchev–Trinajstić information content (AvgIpc) is 2.76. The third-order valence-corrected chi connectivity index (χ3v) is 3.46. The van der Waals surface area contributed by atoms with Crippen LogP contribution >= 0.6 is 0 Å². The number of ether oxygens (including phenoxy) is 1. The lowest BCUT2D eigenvalue weighted by Crippen LogP contribution is -2.26. The van der Waals surface area contributed by atoms with E-state index in [9.17, 15) is 4.79 Å². The Hall–Kier alpha value is -1.06. The van der Waals surface area contributed by atoms with Crippen LogP contribution in [0, 0.1) is 5.92 Å². The third kappa shape index (κ3) is 2.97. The Bertz CT molecular complexity index is 282. The Morgan fingerprint density at radius 3 is 2.81 bits per heavy atom. The average molecular weight is 225 g/mol. The van der Waals surface area contributed by atoms with Crippen LogP contribution in [0.3, 0.4) is 0 Å². The van der Waals surface area contributed by atoms with Crippen molar-refractivity contribution in [2.75, 3.05) is 6.54 Å². The first-order valence-corrected chi connectivity index (χ1v) is 6.17. The van der Waals surface area contributed by atoms with Crippen LogP contribution in [-0.4, -0.2) is 29.6 Å². The van der Waals surface area contributed by atoms with Crippen LogP contribution in [0.5, 0.6) is 0 Å². The SMILES string of the molecule is O=C(O)CCC1=NCC(C2CCCCC2)O1. The van der Waals surface area contributed by atoms with Gasteiger partial charge in [0.25, 0.3) is 0 Å². The second-order valence-electron chi connectivity index (χ2n) is 4.68. The standard InChI is InChI=1S/C12H19NO3/c14-12(15)7-6-11-13-8-10(16-11)9-4-2-1-3-5-9/h9-10H,1-8H2,(H,14,15). The Morgan fingerprint density at radius 2 is 2.12 bits per heavy atom. The van der Waals surface area contributed by atoms with E-state index in [-0.39, 0.29) is 12.5 Å². The maximum atomic E-state index is 10.4. The molecule has 90 valence electrons. The number of hydrogen-bond donors (Lipinski definition) is 1. The minimum atomic E-state index is -0.785. The zero-order valence-corrected chi connectivity index (χ0v) is 9.52. The monoisotopic (exact) mass is 225 g/mol. The van der Waals surface area contributed by atoms with Gasteiger partial charge in [0.2, 0.25) is 0 Å². The summed E-state index contributed by atoms with van der Waals surface area (Å²) in [6, 6.07) is 0. The van der Waals surface area contributed by atoms with E-state index in [0.717, 1.165) is 6.54 Å². The highest BCUT2D eigenvalue weighted by molar-refractivity contribution is 5.81. The summed E-state index contributed by atoms with van der Waals surface area (Å²) in [5.41, 5.74) is 0. The highest BCUT2D eigenvalue weighted by atomic mass is 16.5. The van der Waals surface area contributed by atoms with E-state index in [0.29, 0.717) is 18.2 Å². The van der Waals surface area contributed by atoms with E-state index in [1.807, 2.05) is 0 Å². The summed E-state index contributed by atoms with van der Waals surface area (Å²) in [6.07, 6.45) is 7.22. The molecule has 1 fully saturated rings. The molecule has 0 aromatic carbocycles. The fraction of sp³-hybridized carbons (Fsp3) is 0.833. The summed E-state index contributed by atoms with van der Waals surface area (Å²) in [5, 5.41) is 8.58. The molecule has 1 atom stereocenters. The molecule has 1 heterocycles. The van der Waals surface area contributed by atoms with Gasteiger partial charge in [-0.25, -0.2) is 0 Å². The van der Waals surface area contributed by atoms with Gasteiger partial charge in [0, 0.05) is 6.42 Å². The zero-order valence-electron chi connectivity index (χ0n) is 9.52. The van der Waals surface area contributed by atoms with Crippen LogP contribution in [0.2, 0.25) is 0 Å². The van der Waals surface area contributed by atoms with Crippen LogP contribution in [0.25, 0.3) is 0 Å². The predicted molar refractivity (Wildman–Crippen MR) is 60.6 cm³/mol. The first kappa shape index (κ1) is 11.4. The molecule has 4 heteroatoms. The van der Waals surface area contributed by atoms with E-state index in [1.165, 1.54) is 32.1 Å². The van der Waals surface area contributed by atoms with Gasteiger partial charge in [-0.05, 0) is 18.8 Å². The molecule has 0 amide bonds. The second-order valence-corrected chi connectivity index (χ2v) is 4.68. The lowest BCUT2D eigenvalue weighted by atomic mass is 9.85. The summed E-state index contributed by atoms with van der Waals surface area (Å²) in [7, 11) is 0. The topological polar surface area (TPSA) is 58.9 Å². The number of carbonyl (C=O) groups is 1. The van der Waals surface area contributed by atoms with Crippen molar-refractivity contribution in [2.45, 2.75) is 51.0 Å². The van der Waals surface area contributed by atoms with Crippen molar-refractivity contribution in [3.05, 3.63) is 0 Å². The first-order chi connectivity index (χ1) is 7.75. The molecular formula is C12H19NO3. The molecule has 0 spiro atoms. The van der Waals surface area contributed by atoms with Gasteiger partial charge in [0.15, 0.2) is 5.90 Å². The van der Waals surface area contributed by atoms with Gasteiger partial charge in [-0.15, -0.1) is 0 Å². The lowest BCUT2D eigenvalue weighted by Gasteiger charge is -2.26. The molecule has 1 unspecified atom stereocenters. The van der Waals surface area contributed by atoms with Gasteiger partial charge in [0.1, 0.15) is 6.10 Å². The molecule has 0 bridgehead atoms. The highest BCUT2D eigenvalue weighted by Gasteiger charge is 2.29. The number of carboxylic acids is 1. The lowest BCUT2D eigenvalue weighted by molar-refractivity contribution is -0.136. The van der Waals surface area contributed by atoms with Crippen molar-refractivity contribution >= 4 is 11.9 Å². The van der Waals surface area contributed by atoms with Gasteiger partial charge in [0.05, 0.1) is 13.0 Å². The Kier molecular flexibility index (Phi) is 3.80. The highest BCUT2D eigenvalue weighted by Crippen LogP contribution is 2.30. The molecule has 1 saturated carbocycles. The summed E-state index contributed by atoms with van der Waals surface area (Å²) < 4.78 is 5.74. The summed E-state index contributed by atoms with van der Waals surface area (Å²) in [4.78, 5) is 14.7. The Labute approximate surface area is 95.7 Å². The molecule has 16 heavy (non-hydrogen) atoms. The third-order valence-electron chi connectivity index (χ3n) is 3.46. The largest absolute Gasteiger partial charge is 0.481 e. The number of rotatable bonds is 4. The minimum Gasteiger partial charge on any atom is -0.481 e. The van der Waals surface area contributed by atoms with Crippen LogP contribution in [-0.2, 0) is 9.53 Å². The normalized spacial score (nSPS) is 26.2. The second kappa shape index (κ2) is 5.32. The van der Waals surface area contributed by atoms with Crippen molar-refractivity contribution in [3.63, 3.8) is 0 Å². The number of carboxylic acid groups (broad SMARTS) is 1. The molecule has 1 N–H and O–H groups in total. The van der Waals surface area contributed by atoms with Crippen molar-refractivity contribution in [1.29, 1.82) is 0 Å². The Morgan fingerprint density at radius 1 is 1.38 bits per heavy atom. The van der Waals surface area contributed by atoms with Crippen LogP contribution in [0.15, 0.2) is 4.99 Å². The molecule has 1 aliphatic carbocycles. The van der Waals surface area contributed by atoms with E-state index in [1.54, 1.807) is 0 Å². The molecule has 2 rings (SSSR count). The summed E-state index contributed by atoms with van der Waals surface area (Å²) in [5.74, 6) is 0.505. The molecule has 1 aliphatic heterocycles. The number of aliphatic carboxylic acids is 1. The zero-order chi connectivity index (χ0) is 11.4. The molecular weight excluding hydrogens is 206 g/mol. The number of nitrogens with zero attached hydrogens (tertiary/aromatic N) is 1. The van der Waals surface area contributed by atoms with Crippen molar-refractivity contribution in [2.24, 2.45) is 10.9 Å². The van der Waals surface area contributed by atoms with Crippen LogP contribution in [0.4, 0.5) is 0 Å². The summed E-state index contributed by atoms with van der Waals surface area (Å²) >= 11 is 0. The number of aliphatic imine (C=N–C) groups is 1. The quantitative estimate of drug-likeness (QED) is 0.798. The maximum Gasteiger partial charge on any atom is 0.303 e. The first-order valence-electron chi connectivity index (χ1n) is 6.17. The van der Waals surface area contributed by atoms with E-state index >= 15 is 0 Å². The van der Waals surface area contributed by atoms with Gasteiger partial charge in [-0.3, -0.25) is 9.79 Å². The van der Waals surface area contributed by atoms with Gasteiger partial charge in [-0.1, -0.05) is 19.3 Å². The van der Waals surface area contributed by atoms with Gasteiger partial charge in [-0.2, -0.15) is 0 Å². The fourth-order valence-electron chi connectivity index (χ4n) is 2.54.